The van der Waals surface area contributed by atoms with Crippen LogP contribution in [-0.2, 0) is 19.8 Å². The molecule has 0 fully saturated rings. The van der Waals surface area contributed by atoms with Crippen molar-refractivity contribution in [3.8, 4) is 5.75 Å². The van der Waals surface area contributed by atoms with E-state index in [4.69, 9.17) is 13.8 Å². The molecule has 0 N–H and O–H groups in total. The van der Waals surface area contributed by atoms with Crippen LogP contribution in [0.1, 0.15) is 46.1 Å². The maximum atomic E-state index is 12.5. The van der Waals surface area contributed by atoms with Gasteiger partial charge in [0.15, 0.2) is 0 Å². The van der Waals surface area contributed by atoms with E-state index in [9.17, 15) is 4.57 Å². The minimum atomic E-state index is -3.04. The molecule has 0 heterocycles. The Bertz CT molecular complexity index is 430. The van der Waals surface area contributed by atoms with Crippen molar-refractivity contribution in [2.45, 2.75) is 52.8 Å². The molecule has 1 rings (SSSR count). The van der Waals surface area contributed by atoms with Gasteiger partial charge in [-0.25, -0.2) is 0 Å². The molecule has 0 saturated heterocycles. The summed E-state index contributed by atoms with van der Waals surface area (Å²) in [5, 5.41) is 0. The summed E-state index contributed by atoms with van der Waals surface area (Å²) in [6.45, 7) is 8.63. The van der Waals surface area contributed by atoms with Crippen LogP contribution < -0.4 is 4.74 Å². The topological polar surface area (TPSA) is 44.8 Å². The van der Waals surface area contributed by atoms with Gasteiger partial charge in [0.25, 0.3) is 0 Å². The molecule has 0 amide bonds. The molecule has 0 unspecified atom stereocenters. The summed E-state index contributed by atoms with van der Waals surface area (Å²) in [7, 11) is -3.04. The molecule has 0 aliphatic carbocycles. The largest absolute Gasteiger partial charge is 0.490 e. The molecule has 0 spiro atoms. The maximum Gasteiger partial charge on any atom is 0.335 e. The Labute approximate surface area is 128 Å². The first kappa shape index (κ1) is 18.2. The van der Waals surface area contributed by atoms with Crippen molar-refractivity contribution in [3.05, 3.63) is 29.8 Å². The van der Waals surface area contributed by atoms with Gasteiger partial charge in [0.1, 0.15) is 5.75 Å². The third-order valence-electron chi connectivity index (χ3n) is 3.16. The lowest BCUT2D eigenvalue weighted by atomic mass is 10.2. The molecular formula is C16H27O4P. The van der Waals surface area contributed by atoms with E-state index in [2.05, 4.69) is 13.8 Å². The van der Waals surface area contributed by atoms with Crippen LogP contribution in [0, 0.1) is 0 Å². The number of hydrogen-bond acceptors (Lipinski definition) is 4. The summed E-state index contributed by atoms with van der Waals surface area (Å²) in [5.74, 6) is 0.843. The highest BCUT2D eigenvalue weighted by molar-refractivity contribution is 7.53. The van der Waals surface area contributed by atoms with Crippen molar-refractivity contribution in [1.82, 2.24) is 0 Å². The average Bonchev–Trinajstić information content (AvgIpc) is 2.47. The average molecular weight is 314 g/mol. The molecule has 4 nitrogen and oxygen atoms in total. The molecule has 0 saturated carbocycles. The molecule has 5 heteroatoms. The minimum Gasteiger partial charge on any atom is -0.490 e. The third kappa shape index (κ3) is 6.21. The van der Waals surface area contributed by atoms with Gasteiger partial charge in [0, 0.05) is 0 Å². The van der Waals surface area contributed by atoms with Crippen molar-refractivity contribution >= 4 is 7.60 Å². The van der Waals surface area contributed by atoms with E-state index >= 15 is 0 Å². The monoisotopic (exact) mass is 314 g/mol. The van der Waals surface area contributed by atoms with E-state index in [1.807, 2.05) is 38.1 Å². The Morgan fingerprint density at radius 3 is 1.90 bits per heavy atom. The van der Waals surface area contributed by atoms with Crippen LogP contribution >= 0.6 is 7.60 Å². The van der Waals surface area contributed by atoms with Crippen molar-refractivity contribution in [2.24, 2.45) is 0 Å². The number of benzene rings is 1. The van der Waals surface area contributed by atoms with Gasteiger partial charge in [-0.2, -0.15) is 0 Å². The van der Waals surface area contributed by atoms with Crippen LogP contribution in [0.25, 0.3) is 0 Å². The summed E-state index contributed by atoms with van der Waals surface area (Å²) in [6.07, 6.45) is 2.51. The Morgan fingerprint density at radius 2 is 1.48 bits per heavy atom. The second kappa shape index (κ2) is 9.24. The molecule has 0 radical (unpaired) electrons. The Morgan fingerprint density at radius 1 is 0.952 bits per heavy atom. The standard InChI is InChI=1S/C16H27O4P/c1-5-15(6-2)20-16-11-9-14(10-12-16)13-21(17,18-7-3)19-8-4/h9-12,15H,5-8,13H2,1-4H3. The maximum absolute atomic E-state index is 12.5. The fraction of sp³-hybridized carbons (Fsp3) is 0.625. The molecule has 0 bridgehead atoms. The lowest BCUT2D eigenvalue weighted by Crippen LogP contribution is -2.13. The van der Waals surface area contributed by atoms with Crippen LogP contribution in [0.15, 0.2) is 24.3 Å². The molecule has 0 aromatic heterocycles. The molecule has 0 atom stereocenters. The zero-order valence-electron chi connectivity index (χ0n) is 13.5. The van der Waals surface area contributed by atoms with Crippen molar-refractivity contribution < 1.29 is 18.3 Å². The predicted octanol–water partition coefficient (Wildman–Crippen LogP) is 5.02. The molecule has 1 aromatic carbocycles. The van der Waals surface area contributed by atoms with Crippen LogP contribution in [0.4, 0.5) is 0 Å². The van der Waals surface area contributed by atoms with E-state index in [1.54, 1.807) is 0 Å². The SMILES string of the molecule is CCOP(=O)(Cc1ccc(OC(CC)CC)cc1)OCC. The molecule has 1 aromatic rings. The molecular weight excluding hydrogens is 287 g/mol. The summed E-state index contributed by atoms with van der Waals surface area (Å²) < 4.78 is 28.9. The first-order valence-corrected chi connectivity index (χ1v) is 9.43. The van der Waals surface area contributed by atoms with Crippen molar-refractivity contribution in [3.63, 3.8) is 0 Å². The van der Waals surface area contributed by atoms with E-state index in [-0.39, 0.29) is 6.10 Å². The van der Waals surface area contributed by atoms with Gasteiger partial charge in [0.2, 0.25) is 0 Å². The summed E-state index contributed by atoms with van der Waals surface area (Å²) in [4.78, 5) is 0. The van der Waals surface area contributed by atoms with E-state index in [1.165, 1.54) is 0 Å². The number of rotatable bonds is 10. The van der Waals surface area contributed by atoms with Crippen molar-refractivity contribution in [2.75, 3.05) is 13.2 Å². The number of hydrogen-bond donors (Lipinski definition) is 0. The van der Waals surface area contributed by atoms with E-state index in [0.717, 1.165) is 24.2 Å². The van der Waals surface area contributed by atoms with E-state index < -0.39 is 7.60 Å². The minimum absolute atomic E-state index is 0.244. The first-order valence-electron chi connectivity index (χ1n) is 7.70. The van der Waals surface area contributed by atoms with Gasteiger partial charge in [-0.15, -0.1) is 0 Å². The van der Waals surface area contributed by atoms with Crippen LogP contribution in [-0.4, -0.2) is 19.3 Å². The molecule has 0 aliphatic rings. The van der Waals surface area contributed by atoms with Crippen LogP contribution in [0.5, 0.6) is 5.75 Å². The van der Waals surface area contributed by atoms with Crippen LogP contribution in [0.2, 0.25) is 0 Å². The highest BCUT2D eigenvalue weighted by atomic mass is 31.2. The Hall–Kier alpha value is -0.830. The van der Waals surface area contributed by atoms with Gasteiger partial charge in [-0.3, -0.25) is 4.57 Å². The highest BCUT2D eigenvalue weighted by Crippen LogP contribution is 2.51. The zero-order valence-corrected chi connectivity index (χ0v) is 14.4. The summed E-state index contributed by atoms with van der Waals surface area (Å²) in [5.41, 5.74) is 0.928. The van der Waals surface area contributed by atoms with Gasteiger partial charge in [-0.05, 0) is 44.4 Å². The normalized spacial score (nSPS) is 11.9. The summed E-state index contributed by atoms with van der Waals surface area (Å²) >= 11 is 0. The smallest absolute Gasteiger partial charge is 0.335 e. The fourth-order valence-electron chi connectivity index (χ4n) is 2.07. The lowest BCUT2D eigenvalue weighted by Gasteiger charge is -2.18. The second-order valence-corrected chi connectivity index (χ2v) is 6.86. The predicted molar refractivity (Wildman–Crippen MR) is 86.0 cm³/mol. The second-order valence-electron chi connectivity index (χ2n) is 4.80. The highest BCUT2D eigenvalue weighted by Gasteiger charge is 2.23. The van der Waals surface area contributed by atoms with Crippen LogP contribution in [0.3, 0.4) is 0 Å². The Kier molecular flexibility index (Phi) is 8.02. The first-order chi connectivity index (χ1) is 10.1. The quantitative estimate of drug-likeness (QED) is 0.569. The number of ether oxygens (including phenoxy) is 1. The van der Waals surface area contributed by atoms with Gasteiger partial charge in [0.05, 0.1) is 25.5 Å². The molecule has 120 valence electrons. The molecule has 21 heavy (non-hydrogen) atoms. The zero-order chi connectivity index (χ0) is 15.7. The van der Waals surface area contributed by atoms with Gasteiger partial charge >= 0.3 is 7.60 Å². The fourth-order valence-corrected chi connectivity index (χ4v) is 3.77. The van der Waals surface area contributed by atoms with Gasteiger partial charge < -0.3 is 13.8 Å². The Balaban J connectivity index is 2.70. The third-order valence-corrected chi connectivity index (χ3v) is 5.22. The lowest BCUT2D eigenvalue weighted by molar-refractivity contribution is 0.193. The molecule has 0 aliphatic heterocycles. The van der Waals surface area contributed by atoms with Crippen molar-refractivity contribution in [1.29, 1.82) is 0 Å². The summed E-state index contributed by atoms with van der Waals surface area (Å²) in [6, 6.07) is 7.66. The van der Waals surface area contributed by atoms with E-state index in [0.29, 0.717) is 19.4 Å². The van der Waals surface area contributed by atoms with Gasteiger partial charge in [-0.1, -0.05) is 26.0 Å².